The summed E-state index contributed by atoms with van der Waals surface area (Å²) in [4.78, 5) is 2.00. The molecule has 5 aromatic carbocycles. The molecule has 0 aliphatic carbocycles. The van der Waals surface area contributed by atoms with E-state index in [1.165, 1.54) is 12.1 Å². The van der Waals surface area contributed by atoms with Gasteiger partial charge in [0.05, 0.1) is 24.2 Å². The van der Waals surface area contributed by atoms with Crippen LogP contribution < -0.4 is 0 Å². The molecular weight excluding hydrogens is 696 g/mol. The molecule has 8 heteroatoms. The summed E-state index contributed by atoms with van der Waals surface area (Å²) in [5.41, 5.74) is 2.37. The highest BCUT2D eigenvalue weighted by molar-refractivity contribution is 9.10. The number of hydrogen-bond donors (Lipinski definition) is 0. The van der Waals surface area contributed by atoms with Gasteiger partial charge < -0.3 is 4.74 Å². The van der Waals surface area contributed by atoms with Gasteiger partial charge in [-0.05, 0) is 53.4 Å². The number of benzene rings is 5. The van der Waals surface area contributed by atoms with Crippen molar-refractivity contribution in [1.29, 1.82) is 5.26 Å². The second-order valence-electron chi connectivity index (χ2n) is 12.2. The van der Waals surface area contributed by atoms with E-state index in [0.717, 1.165) is 32.3 Å². The first-order valence-corrected chi connectivity index (χ1v) is 18.3. The molecule has 0 amide bonds. The summed E-state index contributed by atoms with van der Waals surface area (Å²) in [6.07, 6.45) is 1.73. The Bertz CT molecular complexity index is 1920. The highest BCUT2D eigenvalue weighted by atomic mass is 79.9. The smallest absolute Gasteiger partial charge is 0.297 e. The van der Waals surface area contributed by atoms with Crippen molar-refractivity contribution in [2.75, 3.05) is 19.8 Å². The molecular formula is C41H37BrN2O4S. The zero-order valence-electron chi connectivity index (χ0n) is 27.2. The summed E-state index contributed by atoms with van der Waals surface area (Å²) in [7, 11) is -4.15. The summed E-state index contributed by atoms with van der Waals surface area (Å²) in [5, 5.41) is 11.0. The number of hydrogen-bond acceptors (Lipinski definition) is 6. The van der Waals surface area contributed by atoms with Gasteiger partial charge >= 0.3 is 0 Å². The molecule has 1 aliphatic heterocycles. The molecule has 1 fully saturated rings. The Morgan fingerprint density at radius 3 is 1.82 bits per heavy atom. The van der Waals surface area contributed by atoms with E-state index in [2.05, 4.69) is 65.0 Å². The average Bonchev–Trinajstić information content (AvgIpc) is 3.13. The van der Waals surface area contributed by atoms with E-state index < -0.39 is 27.2 Å². The molecule has 0 radical (unpaired) electrons. The largest absolute Gasteiger partial charge is 0.359 e. The number of nitriles is 1. The lowest BCUT2D eigenvalue weighted by molar-refractivity contribution is -0.127. The second kappa shape index (κ2) is 14.6. The Hall–Kier alpha value is -4.36. The Labute approximate surface area is 297 Å². The Morgan fingerprint density at radius 1 is 0.837 bits per heavy atom. The minimum atomic E-state index is -4.15. The van der Waals surface area contributed by atoms with Crippen molar-refractivity contribution >= 4 is 26.0 Å². The molecule has 6 rings (SSSR count). The Morgan fingerprint density at radius 2 is 1.35 bits per heavy atom. The molecule has 5 aromatic rings. The van der Waals surface area contributed by atoms with Crippen molar-refractivity contribution in [3.05, 3.63) is 184 Å². The Balaban J connectivity index is 1.43. The number of likely N-dealkylation sites (tertiary alicyclic amines) is 1. The standard InChI is InChI=1S/C41H37BrN2O4S/c1-3-27-44-38(28-47-41(33-13-7-4-8-14-33,34-15-9-5-10-16-34)35-17-11-6-12-18-35)39(32-21-23-36(42)24-22-32)40(44,29-43)30-48-49(45,46)37-25-19-31(2)20-26-37/h3-26,38-39H,1,27-28,30H2,2H3/t38-,39+,40-/m0/s1. The first-order chi connectivity index (χ1) is 23.7. The van der Waals surface area contributed by atoms with Crippen LogP contribution in [0.5, 0.6) is 0 Å². The van der Waals surface area contributed by atoms with Crippen LogP contribution in [-0.2, 0) is 24.6 Å². The number of halogens is 1. The number of rotatable bonds is 13. The number of nitrogens with zero attached hydrogens (tertiary/aromatic N) is 2. The number of ether oxygens (including phenoxy) is 1. The van der Waals surface area contributed by atoms with E-state index in [9.17, 15) is 13.7 Å². The first kappa shape index (κ1) is 34.5. The van der Waals surface area contributed by atoms with Crippen LogP contribution in [-0.4, -0.2) is 44.7 Å². The van der Waals surface area contributed by atoms with E-state index >= 15 is 0 Å². The van der Waals surface area contributed by atoms with E-state index in [4.69, 9.17) is 8.92 Å². The maximum absolute atomic E-state index is 13.4. The molecule has 49 heavy (non-hydrogen) atoms. The average molecular weight is 734 g/mol. The van der Waals surface area contributed by atoms with E-state index in [1.54, 1.807) is 18.2 Å². The fourth-order valence-electron chi connectivity index (χ4n) is 6.94. The van der Waals surface area contributed by atoms with Gasteiger partial charge in [0.2, 0.25) is 0 Å². The first-order valence-electron chi connectivity index (χ1n) is 16.1. The van der Waals surface area contributed by atoms with Crippen molar-refractivity contribution in [2.24, 2.45) is 0 Å². The van der Waals surface area contributed by atoms with Crippen LogP contribution in [0.2, 0.25) is 0 Å². The van der Waals surface area contributed by atoms with Crippen molar-refractivity contribution in [3.8, 4) is 6.07 Å². The molecule has 6 nitrogen and oxygen atoms in total. The van der Waals surface area contributed by atoms with Gasteiger partial charge in [-0.1, -0.05) is 143 Å². The molecule has 3 atom stereocenters. The fraction of sp³-hybridized carbons (Fsp3) is 0.195. The lowest BCUT2D eigenvalue weighted by atomic mass is 9.65. The Kier molecular flexibility index (Phi) is 10.3. The zero-order chi connectivity index (χ0) is 34.5. The SMILES string of the molecule is C=CCN1[C@@H](COC(c2ccccc2)(c2ccccc2)c2ccccc2)[C@@H](c2ccc(Br)cc2)[C@]1(C#N)COS(=O)(=O)c1ccc(C)cc1. The lowest BCUT2D eigenvalue weighted by Gasteiger charge is -2.60. The summed E-state index contributed by atoms with van der Waals surface area (Å²) < 4.78 is 40.7. The van der Waals surface area contributed by atoms with Gasteiger partial charge in [0.1, 0.15) is 11.1 Å². The highest BCUT2D eigenvalue weighted by Crippen LogP contribution is 2.51. The molecule has 1 aliphatic rings. The predicted octanol–water partition coefficient (Wildman–Crippen LogP) is 8.39. The van der Waals surface area contributed by atoms with Crippen LogP contribution >= 0.6 is 15.9 Å². The van der Waals surface area contributed by atoms with E-state index in [1.807, 2.05) is 90.7 Å². The van der Waals surface area contributed by atoms with Crippen LogP contribution in [0, 0.1) is 18.3 Å². The molecule has 0 bridgehead atoms. The maximum atomic E-state index is 13.4. The third kappa shape index (κ3) is 6.65. The lowest BCUT2D eigenvalue weighted by Crippen LogP contribution is -2.74. The van der Waals surface area contributed by atoms with E-state index in [0.29, 0.717) is 6.54 Å². The topological polar surface area (TPSA) is 79.6 Å². The van der Waals surface area contributed by atoms with Gasteiger partial charge in [0.15, 0.2) is 0 Å². The molecule has 248 valence electrons. The van der Waals surface area contributed by atoms with Crippen LogP contribution in [0.3, 0.4) is 0 Å². The number of aryl methyl sites for hydroxylation is 1. The molecule has 0 spiro atoms. The zero-order valence-corrected chi connectivity index (χ0v) is 29.6. The normalized spacial score (nSPS) is 19.4. The van der Waals surface area contributed by atoms with Crippen LogP contribution in [0.25, 0.3) is 0 Å². The summed E-state index contributed by atoms with van der Waals surface area (Å²) in [6.45, 7) is 6.03. The van der Waals surface area contributed by atoms with Gasteiger partial charge in [0, 0.05) is 23.0 Å². The molecule has 1 heterocycles. The monoisotopic (exact) mass is 732 g/mol. The minimum Gasteiger partial charge on any atom is -0.359 e. The quantitative estimate of drug-likeness (QED) is 0.0688. The second-order valence-corrected chi connectivity index (χ2v) is 14.7. The van der Waals surface area contributed by atoms with Crippen LogP contribution in [0.1, 0.15) is 33.7 Å². The highest BCUT2D eigenvalue weighted by Gasteiger charge is 2.62. The summed E-state index contributed by atoms with van der Waals surface area (Å²) in [6, 6.07) is 46.8. The minimum absolute atomic E-state index is 0.0409. The summed E-state index contributed by atoms with van der Waals surface area (Å²) in [5.74, 6) is -0.459. The molecule has 0 unspecified atom stereocenters. The maximum Gasteiger partial charge on any atom is 0.297 e. The third-order valence-corrected chi connectivity index (χ3v) is 11.1. The van der Waals surface area contributed by atoms with E-state index in [-0.39, 0.29) is 24.2 Å². The van der Waals surface area contributed by atoms with Crippen LogP contribution in [0.15, 0.2) is 162 Å². The molecule has 0 saturated carbocycles. The van der Waals surface area contributed by atoms with Crippen molar-refractivity contribution in [2.45, 2.75) is 34.9 Å². The van der Waals surface area contributed by atoms with Gasteiger partial charge in [-0.3, -0.25) is 9.08 Å². The van der Waals surface area contributed by atoms with Crippen molar-refractivity contribution in [1.82, 2.24) is 4.90 Å². The fourth-order valence-corrected chi connectivity index (χ4v) is 8.14. The van der Waals surface area contributed by atoms with Crippen LogP contribution in [0.4, 0.5) is 0 Å². The van der Waals surface area contributed by atoms with Gasteiger partial charge in [0.25, 0.3) is 10.1 Å². The van der Waals surface area contributed by atoms with Gasteiger partial charge in [-0.2, -0.15) is 13.7 Å². The predicted molar refractivity (Wildman–Crippen MR) is 195 cm³/mol. The summed E-state index contributed by atoms with van der Waals surface area (Å²) >= 11 is 3.54. The van der Waals surface area contributed by atoms with Crippen molar-refractivity contribution in [3.63, 3.8) is 0 Å². The molecule has 1 saturated heterocycles. The van der Waals surface area contributed by atoms with Crippen molar-refractivity contribution < 1.29 is 17.3 Å². The van der Waals surface area contributed by atoms with Gasteiger partial charge in [-0.25, -0.2) is 0 Å². The van der Waals surface area contributed by atoms with Gasteiger partial charge in [-0.15, -0.1) is 6.58 Å². The third-order valence-electron chi connectivity index (χ3n) is 9.32. The molecule has 0 aromatic heterocycles. The molecule has 0 N–H and O–H groups in total.